The van der Waals surface area contributed by atoms with Gasteiger partial charge in [-0.25, -0.2) is 4.98 Å². The highest BCUT2D eigenvalue weighted by molar-refractivity contribution is 7.21. The van der Waals surface area contributed by atoms with Crippen molar-refractivity contribution in [3.63, 3.8) is 0 Å². The predicted octanol–water partition coefficient (Wildman–Crippen LogP) is 16.3. The molecule has 0 fully saturated rings. The van der Waals surface area contributed by atoms with Crippen LogP contribution in [0, 0.1) is 0 Å². The molecule has 0 amide bonds. The van der Waals surface area contributed by atoms with Gasteiger partial charge in [-0.2, -0.15) is 0 Å². The Morgan fingerprint density at radius 2 is 0.921 bits per heavy atom. The molecule has 0 aliphatic heterocycles. The lowest BCUT2D eigenvalue weighted by atomic mass is 9.82. The summed E-state index contributed by atoms with van der Waals surface area (Å²) in [5.74, 6) is 0. The molecule has 0 saturated carbocycles. The second-order valence-electron chi connectivity index (χ2n) is 17.2. The summed E-state index contributed by atoms with van der Waals surface area (Å²) < 4.78 is 1.16. The average Bonchev–Trinajstić information content (AvgIpc) is 3.86. The number of fused-ring (bicyclic) bond motifs is 4. The Morgan fingerprint density at radius 3 is 1.65 bits per heavy atom. The summed E-state index contributed by atoms with van der Waals surface area (Å²) in [6.45, 7) is 4.73. The maximum Gasteiger partial charge on any atom is 0.124 e. The van der Waals surface area contributed by atoms with E-state index in [0.29, 0.717) is 0 Å². The topological polar surface area (TPSA) is 16.1 Å². The van der Waals surface area contributed by atoms with E-state index in [4.69, 9.17) is 4.98 Å². The lowest BCUT2D eigenvalue weighted by Gasteiger charge is -2.29. The molecule has 302 valence electrons. The Balaban J connectivity index is 1.05. The zero-order valence-electron chi connectivity index (χ0n) is 35.5. The molecule has 1 heterocycles. The normalized spacial score (nSPS) is 12.5. The van der Waals surface area contributed by atoms with Crippen LogP contribution in [0.1, 0.15) is 47.2 Å². The predicted molar refractivity (Wildman–Crippen MR) is 267 cm³/mol. The van der Waals surface area contributed by atoms with E-state index in [1.807, 2.05) is 0 Å². The van der Waals surface area contributed by atoms with Crippen molar-refractivity contribution in [2.45, 2.75) is 32.1 Å². The van der Waals surface area contributed by atoms with E-state index >= 15 is 0 Å². The van der Waals surface area contributed by atoms with Crippen LogP contribution < -0.4 is 4.90 Å². The minimum atomic E-state index is -0.134. The Labute approximate surface area is 374 Å². The van der Waals surface area contributed by atoms with Crippen molar-refractivity contribution < 1.29 is 0 Å². The molecule has 0 bridgehead atoms. The average molecular weight is 827 g/mol. The maximum absolute atomic E-state index is 5.16. The van der Waals surface area contributed by atoms with Crippen molar-refractivity contribution in [3.05, 3.63) is 252 Å². The Bertz CT molecular complexity index is 3240. The quantitative estimate of drug-likeness (QED) is 0.137. The molecule has 1 aromatic heterocycles. The van der Waals surface area contributed by atoms with Gasteiger partial charge in [0.25, 0.3) is 0 Å². The second-order valence-corrected chi connectivity index (χ2v) is 18.2. The molecule has 0 atom stereocenters. The monoisotopic (exact) mass is 826 g/mol. The number of anilines is 3. The first kappa shape index (κ1) is 38.6. The van der Waals surface area contributed by atoms with E-state index in [2.05, 4.69) is 237 Å². The Hall–Kier alpha value is -7.33. The highest BCUT2D eigenvalue weighted by Crippen LogP contribution is 2.51. The highest BCUT2D eigenvalue weighted by Gasteiger charge is 2.36. The van der Waals surface area contributed by atoms with Gasteiger partial charge in [-0.1, -0.05) is 190 Å². The van der Waals surface area contributed by atoms with E-state index in [9.17, 15) is 0 Å². The van der Waals surface area contributed by atoms with Crippen LogP contribution in [0.15, 0.2) is 218 Å². The minimum absolute atomic E-state index is 0.134. The van der Waals surface area contributed by atoms with Crippen LogP contribution in [-0.4, -0.2) is 4.98 Å². The number of aromatic nitrogens is 1. The molecule has 11 rings (SSSR count). The Kier molecular flexibility index (Phi) is 9.91. The van der Waals surface area contributed by atoms with Gasteiger partial charge in [0.2, 0.25) is 0 Å². The molecule has 63 heavy (non-hydrogen) atoms. The molecular formula is C60H46N2S. The van der Waals surface area contributed by atoms with Crippen LogP contribution in [0.3, 0.4) is 0 Å². The van der Waals surface area contributed by atoms with E-state index < -0.39 is 0 Å². The number of benzene rings is 9. The molecule has 10 aromatic rings. The van der Waals surface area contributed by atoms with E-state index in [0.717, 1.165) is 50.7 Å². The molecule has 9 aromatic carbocycles. The molecule has 0 spiro atoms. The van der Waals surface area contributed by atoms with Gasteiger partial charge in [-0.3, -0.25) is 0 Å². The number of thiazole rings is 1. The maximum atomic E-state index is 5.16. The van der Waals surface area contributed by atoms with Crippen LogP contribution in [0.4, 0.5) is 17.1 Å². The van der Waals surface area contributed by atoms with Crippen molar-refractivity contribution in [1.82, 2.24) is 4.98 Å². The molecule has 0 saturated heterocycles. The van der Waals surface area contributed by atoms with Gasteiger partial charge in [0.15, 0.2) is 0 Å². The van der Waals surface area contributed by atoms with Gasteiger partial charge in [-0.15, -0.1) is 11.3 Å². The van der Waals surface area contributed by atoms with Gasteiger partial charge in [0, 0.05) is 28.0 Å². The molecular weight excluding hydrogens is 781 g/mol. The first-order chi connectivity index (χ1) is 31.0. The second kappa shape index (κ2) is 16.2. The first-order valence-electron chi connectivity index (χ1n) is 21.9. The highest BCUT2D eigenvalue weighted by atomic mass is 32.1. The third-order valence-electron chi connectivity index (χ3n) is 12.8. The van der Waals surface area contributed by atoms with Gasteiger partial charge < -0.3 is 4.90 Å². The number of rotatable bonds is 10. The van der Waals surface area contributed by atoms with Crippen LogP contribution in [0.5, 0.6) is 0 Å². The molecule has 0 N–H and O–H groups in total. The number of hydrogen-bond donors (Lipinski definition) is 0. The first-order valence-corrected chi connectivity index (χ1v) is 22.7. The molecule has 0 radical (unpaired) electrons. The Morgan fingerprint density at radius 1 is 0.413 bits per heavy atom. The van der Waals surface area contributed by atoms with Crippen LogP contribution in [0.25, 0.3) is 54.2 Å². The zero-order valence-corrected chi connectivity index (χ0v) is 36.3. The van der Waals surface area contributed by atoms with Gasteiger partial charge >= 0.3 is 0 Å². The summed E-state index contributed by atoms with van der Waals surface area (Å²) in [4.78, 5) is 7.62. The van der Waals surface area contributed by atoms with Crippen molar-refractivity contribution in [3.8, 4) is 44.0 Å². The number of nitrogens with zero attached hydrogens (tertiary/aromatic N) is 2. The van der Waals surface area contributed by atoms with Crippen molar-refractivity contribution in [2.24, 2.45) is 0 Å². The summed E-state index contributed by atoms with van der Waals surface area (Å²) >= 11 is 1.75. The SMILES string of the molecule is CC1(C)c2ccccc2-c2ccc(N(c3ccc(-c4ccccc4Cc4ccccc4)c(Cc4ccccc4)c3)c3ccc4nc(-c5ccc(-c6ccccc6)cc5)sc4c3)cc21. The lowest BCUT2D eigenvalue weighted by molar-refractivity contribution is 0.660. The fourth-order valence-electron chi connectivity index (χ4n) is 9.59. The van der Waals surface area contributed by atoms with Crippen molar-refractivity contribution >= 4 is 38.6 Å². The fourth-order valence-corrected chi connectivity index (χ4v) is 10.6. The molecule has 1 aliphatic rings. The van der Waals surface area contributed by atoms with E-state index in [1.54, 1.807) is 11.3 Å². The lowest BCUT2D eigenvalue weighted by Crippen LogP contribution is -2.16. The zero-order chi connectivity index (χ0) is 42.3. The smallest absolute Gasteiger partial charge is 0.124 e. The summed E-state index contributed by atoms with van der Waals surface area (Å²) in [6, 6.07) is 79.9. The molecule has 2 nitrogen and oxygen atoms in total. The third-order valence-corrected chi connectivity index (χ3v) is 13.9. The van der Waals surface area contributed by atoms with E-state index in [-0.39, 0.29) is 5.41 Å². The van der Waals surface area contributed by atoms with Gasteiger partial charge in [-0.05, 0) is 122 Å². The number of hydrogen-bond acceptors (Lipinski definition) is 3. The summed E-state index contributed by atoms with van der Waals surface area (Å²) in [6.07, 6.45) is 1.68. The van der Waals surface area contributed by atoms with Gasteiger partial charge in [0.05, 0.1) is 10.2 Å². The van der Waals surface area contributed by atoms with Gasteiger partial charge in [0.1, 0.15) is 5.01 Å². The summed E-state index contributed by atoms with van der Waals surface area (Å²) in [7, 11) is 0. The minimum Gasteiger partial charge on any atom is -0.310 e. The largest absolute Gasteiger partial charge is 0.310 e. The van der Waals surface area contributed by atoms with Crippen molar-refractivity contribution in [2.75, 3.05) is 4.90 Å². The standard InChI is InChI=1S/C60H46N2S/c1-60(2)55-25-15-14-24-53(55)54-34-31-49(39-56(54)60)62(50-32-35-57-58(40-50)63-59(61-57)45-28-26-44(27-29-45)43-20-10-5-11-21-43)48-30-33-52(47(38-48)37-42-18-8-4-9-19-42)51-23-13-12-22-46(51)36-41-16-6-3-7-17-41/h3-35,38-40H,36-37H2,1-2H3. The van der Waals surface area contributed by atoms with Crippen molar-refractivity contribution in [1.29, 1.82) is 0 Å². The van der Waals surface area contributed by atoms with E-state index in [1.165, 1.54) is 66.8 Å². The summed E-state index contributed by atoms with van der Waals surface area (Å²) in [5, 5.41) is 1.02. The van der Waals surface area contributed by atoms with Crippen LogP contribution >= 0.6 is 11.3 Å². The van der Waals surface area contributed by atoms with Crippen LogP contribution in [0.2, 0.25) is 0 Å². The third kappa shape index (κ3) is 7.35. The summed E-state index contributed by atoms with van der Waals surface area (Å²) in [5.41, 5.74) is 20.9. The fraction of sp³-hybridized carbons (Fsp3) is 0.0833. The van der Waals surface area contributed by atoms with Crippen LogP contribution in [-0.2, 0) is 18.3 Å². The molecule has 0 unspecified atom stereocenters. The molecule has 1 aliphatic carbocycles. The molecule has 3 heteroatoms.